The Bertz CT molecular complexity index is 1660. The van der Waals surface area contributed by atoms with Crippen molar-refractivity contribution in [2.24, 2.45) is 0 Å². The molecule has 0 unspecified atom stereocenters. The number of likely N-dealkylation sites (N-methyl/N-ethyl adjacent to an activating group) is 1. The van der Waals surface area contributed by atoms with Gasteiger partial charge in [0.05, 0.1) is 24.9 Å². The van der Waals surface area contributed by atoms with Crippen molar-refractivity contribution in [1.29, 1.82) is 0 Å². The summed E-state index contributed by atoms with van der Waals surface area (Å²) in [6, 6.07) is 33.5. The van der Waals surface area contributed by atoms with Crippen LogP contribution in [0.1, 0.15) is 85.3 Å². The summed E-state index contributed by atoms with van der Waals surface area (Å²) < 4.78 is 13.2. The number of ether oxygens (including phenoxy) is 2. The van der Waals surface area contributed by atoms with Gasteiger partial charge in [0, 0.05) is 44.0 Å². The van der Waals surface area contributed by atoms with Gasteiger partial charge in [-0.25, -0.2) is 0 Å². The number of carbonyl (C=O) groups excluding carboxylic acids is 1. The minimum absolute atomic E-state index is 0.0212. The summed E-state index contributed by atoms with van der Waals surface area (Å²) in [6.07, 6.45) is 0.403. The van der Waals surface area contributed by atoms with Crippen molar-refractivity contribution in [2.45, 2.75) is 82.8 Å². The first-order chi connectivity index (χ1) is 24.2. The van der Waals surface area contributed by atoms with Gasteiger partial charge in [-0.05, 0) is 66.3 Å². The number of hydrogen-bond acceptors (Lipinski definition) is 7. The number of carboxylic acid groups (broad SMARTS) is 1. The molecule has 1 amide bonds. The smallest absolute Gasteiger partial charge is 0.303 e. The molecule has 1 aliphatic heterocycles. The van der Waals surface area contributed by atoms with Crippen molar-refractivity contribution in [3.63, 3.8) is 0 Å². The predicted octanol–water partition coefficient (Wildman–Crippen LogP) is 6.71. The SMILES string of the molecule is C[C@H]([C@@H](O)c1ccccc1)N(C)C[C@@H]1C[C@H](c2ccc(CO)cc2)O[C@H](c2ccc(-c3cccc(CNC(=O)CCCCC(=O)O)c3)cc2)O1. The normalized spacial score (nSPS) is 18.8. The highest BCUT2D eigenvalue weighted by atomic mass is 16.7. The highest BCUT2D eigenvalue weighted by Gasteiger charge is 2.34. The summed E-state index contributed by atoms with van der Waals surface area (Å²) in [5.74, 6) is -0.937. The number of carboxylic acids is 1. The molecule has 50 heavy (non-hydrogen) atoms. The van der Waals surface area contributed by atoms with Crippen molar-refractivity contribution in [3.8, 4) is 11.1 Å². The third-order valence-electron chi connectivity index (χ3n) is 9.38. The van der Waals surface area contributed by atoms with Gasteiger partial charge in [0.25, 0.3) is 0 Å². The van der Waals surface area contributed by atoms with Crippen molar-refractivity contribution in [1.82, 2.24) is 10.2 Å². The van der Waals surface area contributed by atoms with Crippen LogP contribution in [0.4, 0.5) is 0 Å². The monoisotopic (exact) mass is 680 g/mol. The Labute approximate surface area is 294 Å². The Morgan fingerprint density at radius 3 is 2.24 bits per heavy atom. The van der Waals surface area contributed by atoms with Crippen molar-refractivity contribution in [2.75, 3.05) is 13.6 Å². The number of hydrogen-bond donors (Lipinski definition) is 4. The molecule has 4 N–H and O–H groups in total. The maximum absolute atomic E-state index is 12.2. The number of nitrogens with one attached hydrogen (secondary N) is 1. The standard InChI is InChI=1S/C41H48N2O7/c1-28(40(48)33-10-4-3-5-11-33)43(2)26-36-24-37(32-17-15-29(27-44)16-18-32)50-41(49-36)34-21-19-31(20-22-34)35-12-8-9-30(23-35)25-42-38(45)13-6-7-14-39(46)47/h3-5,8-12,15-23,28,36-37,40-41,44,48H,6-7,13-14,24-27H2,1-2H3,(H,42,45)(H,46,47)/t28-,36+,37-,40-,41-/m1/s1. The number of unbranched alkanes of at least 4 members (excludes halogenated alkanes) is 1. The van der Waals surface area contributed by atoms with E-state index in [2.05, 4.69) is 16.3 Å². The lowest BCUT2D eigenvalue weighted by molar-refractivity contribution is -0.253. The van der Waals surface area contributed by atoms with E-state index in [-0.39, 0.29) is 37.2 Å². The van der Waals surface area contributed by atoms with E-state index >= 15 is 0 Å². The van der Waals surface area contributed by atoms with Gasteiger partial charge in [0.1, 0.15) is 0 Å². The average Bonchev–Trinajstić information content (AvgIpc) is 3.15. The van der Waals surface area contributed by atoms with Gasteiger partial charge in [0.2, 0.25) is 5.91 Å². The number of aliphatic carboxylic acids is 1. The van der Waals surface area contributed by atoms with E-state index in [1.807, 2.05) is 111 Å². The summed E-state index contributed by atoms with van der Waals surface area (Å²) in [7, 11) is 2.01. The molecule has 0 aliphatic carbocycles. The molecule has 0 radical (unpaired) electrons. The Morgan fingerprint density at radius 1 is 0.840 bits per heavy atom. The quantitative estimate of drug-likeness (QED) is 0.0963. The molecule has 4 aromatic rings. The lowest BCUT2D eigenvalue weighted by Gasteiger charge is -2.39. The number of aliphatic hydroxyl groups is 2. The highest BCUT2D eigenvalue weighted by Crippen LogP contribution is 2.39. The van der Waals surface area contributed by atoms with Crippen LogP contribution in [0, 0.1) is 0 Å². The maximum Gasteiger partial charge on any atom is 0.303 e. The summed E-state index contributed by atoms with van der Waals surface area (Å²) in [5.41, 5.74) is 6.62. The highest BCUT2D eigenvalue weighted by molar-refractivity contribution is 5.76. The van der Waals surface area contributed by atoms with Crippen LogP contribution in [0.15, 0.2) is 103 Å². The van der Waals surface area contributed by atoms with Gasteiger partial charge in [-0.15, -0.1) is 0 Å². The molecule has 5 rings (SSSR count). The van der Waals surface area contributed by atoms with Gasteiger partial charge < -0.3 is 30.1 Å². The maximum atomic E-state index is 12.2. The summed E-state index contributed by atoms with van der Waals surface area (Å²) in [5, 5.41) is 32.3. The van der Waals surface area contributed by atoms with Gasteiger partial charge in [-0.2, -0.15) is 0 Å². The zero-order valence-corrected chi connectivity index (χ0v) is 28.8. The third-order valence-corrected chi connectivity index (χ3v) is 9.38. The summed E-state index contributed by atoms with van der Waals surface area (Å²) in [6.45, 7) is 2.99. The van der Waals surface area contributed by atoms with Crippen LogP contribution in [-0.2, 0) is 32.2 Å². The second-order valence-electron chi connectivity index (χ2n) is 13.1. The second-order valence-corrected chi connectivity index (χ2v) is 13.1. The van der Waals surface area contributed by atoms with E-state index < -0.39 is 18.4 Å². The van der Waals surface area contributed by atoms with E-state index in [1.165, 1.54) is 0 Å². The lowest BCUT2D eigenvalue weighted by atomic mass is 9.98. The van der Waals surface area contributed by atoms with Crippen LogP contribution < -0.4 is 5.32 Å². The van der Waals surface area contributed by atoms with Crippen LogP contribution in [-0.4, -0.2) is 57.8 Å². The zero-order valence-electron chi connectivity index (χ0n) is 28.8. The molecule has 0 spiro atoms. The Hall–Kier alpha value is -4.38. The second kappa shape index (κ2) is 18.0. The number of aliphatic hydroxyl groups excluding tert-OH is 2. The number of carbonyl (C=O) groups is 2. The van der Waals surface area contributed by atoms with Crippen LogP contribution in [0.2, 0.25) is 0 Å². The number of nitrogens with zero attached hydrogens (tertiary/aromatic N) is 1. The van der Waals surface area contributed by atoms with Crippen LogP contribution >= 0.6 is 0 Å². The van der Waals surface area contributed by atoms with E-state index in [4.69, 9.17) is 14.6 Å². The van der Waals surface area contributed by atoms with Crippen molar-refractivity contribution in [3.05, 3.63) is 131 Å². The molecule has 1 saturated heterocycles. The molecule has 0 aromatic heterocycles. The molecule has 9 nitrogen and oxygen atoms in total. The van der Waals surface area contributed by atoms with Crippen molar-refractivity contribution < 1.29 is 34.4 Å². The number of amides is 1. The van der Waals surface area contributed by atoms with Gasteiger partial charge >= 0.3 is 5.97 Å². The van der Waals surface area contributed by atoms with Crippen LogP contribution in [0.25, 0.3) is 11.1 Å². The van der Waals surface area contributed by atoms with E-state index in [9.17, 15) is 19.8 Å². The fourth-order valence-corrected chi connectivity index (χ4v) is 6.23. The molecule has 1 fully saturated rings. The molecule has 9 heteroatoms. The summed E-state index contributed by atoms with van der Waals surface area (Å²) in [4.78, 5) is 25.1. The molecule has 264 valence electrons. The molecule has 5 atom stereocenters. The Balaban J connectivity index is 1.26. The largest absolute Gasteiger partial charge is 0.481 e. The minimum Gasteiger partial charge on any atom is -0.481 e. The molecule has 1 heterocycles. The topological polar surface area (TPSA) is 129 Å². The average molecular weight is 681 g/mol. The zero-order chi connectivity index (χ0) is 35.5. The molecule has 0 saturated carbocycles. The third kappa shape index (κ3) is 10.3. The van der Waals surface area contributed by atoms with Gasteiger partial charge in [0.15, 0.2) is 6.29 Å². The van der Waals surface area contributed by atoms with E-state index in [1.54, 1.807) is 0 Å². The molecule has 4 aromatic carbocycles. The number of rotatable bonds is 16. The molecule has 0 bridgehead atoms. The fourth-order valence-electron chi connectivity index (χ4n) is 6.23. The first kappa shape index (κ1) is 36.9. The van der Waals surface area contributed by atoms with Crippen LogP contribution in [0.5, 0.6) is 0 Å². The van der Waals surface area contributed by atoms with Gasteiger partial charge in [-0.1, -0.05) is 97.1 Å². The van der Waals surface area contributed by atoms with Crippen LogP contribution in [0.3, 0.4) is 0 Å². The van der Waals surface area contributed by atoms with Gasteiger partial charge in [-0.3, -0.25) is 14.5 Å². The minimum atomic E-state index is -0.846. The summed E-state index contributed by atoms with van der Waals surface area (Å²) >= 11 is 0. The van der Waals surface area contributed by atoms with Crippen molar-refractivity contribution >= 4 is 11.9 Å². The predicted molar refractivity (Wildman–Crippen MR) is 192 cm³/mol. The Morgan fingerprint density at radius 2 is 1.54 bits per heavy atom. The molecular formula is C41H48N2O7. The first-order valence-electron chi connectivity index (χ1n) is 17.3. The molecule has 1 aliphatic rings. The lowest BCUT2D eigenvalue weighted by Crippen LogP contribution is -2.43. The molecular weight excluding hydrogens is 632 g/mol. The fraction of sp³-hybridized carbons (Fsp3) is 0.366. The van der Waals surface area contributed by atoms with E-state index in [0.717, 1.165) is 38.9 Å². The first-order valence-corrected chi connectivity index (χ1v) is 17.3. The van der Waals surface area contributed by atoms with E-state index in [0.29, 0.717) is 38.8 Å². The number of benzene rings is 4. The Kier molecular flexibility index (Phi) is 13.3.